The Labute approximate surface area is 128 Å². The van der Waals surface area contributed by atoms with Gasteiger partial charge in [-0.1, -0.05) is 0 Å². The summed E-state index contributed by atoms with van der Waals surface area (Å²) in [6.07, 6.45) is 15.8. The van der Waals surface area contributed by atoms with E-state index in [0.29, 0.717) is 0 Å². The average molecular weight is 401 g/mol. The summed E-state index contributed by atoms with van der Waals surface area (Å²) < 4.78 is 0.189. The monoisotopic (exact) mass is 402 g/mol. The van der Waals surface area contributed by atoms with E-state index in [2.05, 4.69) is 66.8 Å². The Morgan fingerprint density at radius 1 is 0.889 bits per heavy atom. The molecule has 1 aromatic carbocycles. The molecule has 2 aliphatic carbocycles. The van der Waals surface area contributed by atoms with Crippen molar-refractivity contribution in [2.45, 2.75) is 16.0 Å². The molecule has 1 heteroatoms. The Bertz CT molecular complexity index is 541. The zero-order valence-electron chi connectivity index (χ0n) is 13.3. The van der Waals surface area contributed by atoms with Crippen LogP contribution < -0.4 is 0 Å². The van der Waals surface area contributed by atoms with Crippen LogP contribution in [-0.4, -0.2) is 0 Å². The van der Waals surface area contributed by atoms with Crippen molar-refractivity contribution in [1.29, 1.82) is 0 Å². The minimum atomic E-state index is 0. The molecule has 3 rings (SSSR count). The molecule has 0 aliphatic heterocycles. The fourth-order valence-corrected chi connectivity index (χ4v) is 4.65. The zero-order valence-corrected chi connectivity index (χ0v) is 13.9. The number of rotatable bonds is 3. The average Bonchev–Trinajstić information content (AvgIpc) is 3.12. The molecular formula is C17H18Hf. The van der Waals surface area contributed by atoms with E-state index in [4.69, 9.17) is 0 Å². The molecule has 0 unspecified atom stereocenters. The molecule has 0 spiro atoms. The van der Waals surface area contributed by atoms with Gasteiger partial charge in [0.05, 0.1) is 0 Å². The van der Waals surface area contributed by atoms with Crippen molar-refractivity contribution in [3.8, 4) is 0 Å². The Balaban J connectivity index is 0.00000133. The molecule has 0 N–H and O–H groups in total. The second-order valence-corrected chi connectivity index (χ2v) is 7.46. The van der Waals surface area contributed by atoms with Crippen LogP contribution in [0.25, 0.3) is 0 Å². The van der Waals surface area contributed by atoms with Crippen LogP contribution in [0, 0.1) is 0 Å². The molecule has 0 aromatic heterocycles. The third-order valence-electron chi connectivity index (χ3n) is 3.71. The molecule has 0 bridgehead atoms. The third-order valence-corrected chi connectivity index (χ3v) is 7.06. The van der Waals surface area contributed by atoms with E-state index in [1.807, 2.05) is 0 Å². The molecule has 0 atom stereocenters. The van der Waals surface area contributed by atoms with Crippen molar-refractivity contribution in [3.63, 3.8) is 0 Å². The van der Waals surface area contributed by atoms with E-state index >= 15 is 0 Å². The molecule has 90 valence electrons. The first-order valence-electron chi connectivity index (χ1n) is 6.34. The maximum atomic E-state index is 2.32. The molecule has 1 aromatic rings. The van der Waals surface area contributed by atoms with Crippen LogP contribution in [-0.2, 0) is 27.5 Å². The second-order valence-electron chi connectivity index (χ2n) is 4.76. The van der Waals surface area contributed by atoms with Gasteiger partial charge in [-0.2, -0.15) is 0 Å². The summed E-state index contributed by atoms with van der Waals surface area (Å²) in [7, 11) is 0. The molecule has 0 saturated heterocycles. The van der Waals surface area contributed by atoms with Gasteiger partial charge in [0, 0.05) is 0 Å². The SMILES string of the molecule is [H-].[H-].[H-].[Hf+3][C](C1=CC=CC1)(C1=CC=CC1)c1ccccc1. The van der Waals surface area contributed by atoms with Gasteiger partial charge in [0.15, 0.2) is 0 Å². The Morgan fingerprint density at radius 2 is 1.44 bits per heavy atom. The molecule has 0 fully saturated rings. The van der Waals surface area contributed by atoms with Gasteiger partial charge >= 0.3 is 124 Å². The van der Waals surface area contributed by atoms with Crippen LogP contribution in [0.5, 0.6) is 0 Å². The third kappa shape index (κ3) is 1.95. The number of benzene rings is 1. The van der Waals surface area contributed by atoms with Crippen molar-refractivity contribution in [1.82, 2.24) is 0 Å². The van der Waals surface area contributed by atoms with Gasteiger partial charge in [-0.15, -0.1) is 0 Å². The van der Waals surface area contributed by atoms with Crippen molar-refractivity contribution in [2.75, 3.05) is 0 Å². The van der Waals surface area contributed by atoms with Gasteiger partial charge in [-0.05, 0) is 0 Å². The van der Waals surface area contributed by atoms with E-state index in [1.54, 1.807) is 11.1 Å². The van der Waals surface area contributed by atoms with Gasteiger partial charge in [-0.25, -0.2) is 0 Å². The first kappa shape index (κ1) is 12.1. The van der Waals surface area contributed by atoms with Gasteiger partial charge in [0.2, 0.25) is 0 Å². The Hall–Kier alpha value is -0.950. The summed E-state index contributed by atoms with van der Waals surface area (Å²) in [4.78, 5) is 0. The Kier molecular flexibility index (Phi) is 3.34. The van der Waals surface area contributed by atoms with Crippen molar-refractivity contribution in [3.05, 3.63) is 83.5 Å². The van der Waals surface area contributed by atoms with E-state index in [1.165, 1.54) is 5.56 Å². The van der Waals surface area contributed by atoms with E-state index in [0.717, 1.165) is 37.2 Å². The van der Waals surface area contributed by atoms with Crippen LogP contribution in [0.2, 0.25) is 0 Å². The molecular weight excluding hydrogens is 383 g/mol. The van der Waals surface area contributed by atoms with E-state index in [-0.39, 0.29) is 7.45 Å². The normalized spacial score (nSPS) is 18.1. The van der Waals surface area contributed by atoms with Crippen molar-refractivity contribution in [2.24, 2.45) is 0 Å². The molecule has 0 heterocycles. The summed E-state index contributed by atoms with van der Waals surface area (Å²) in [6, 6.07) is 11.0. The van der Waals surface area contributed by atoms with Crippen LogP contribution in [0.1, 0.15) is 22.7 Å². The molecule has 0 saturated carbocycles. The van der Waals surface area contributed by atoms with Gasteiger partial charge in [-0.3, -0.25) is 0 Å². The van der Waals surface area contributed by atoms with E-state index in [9.17, 15) is 0 Å². The predicted molar refractivity (Wildman–Crippen MR) is 75.1 cm³/mol. The summed E-state index contributed by atoms with van der Waals surface area (Å²) in [5, 5.41) is 0. The first-order chi connectivity index (χ1) is 8.82. The van der Waals surface area contributed by atoms with Gasteiger partial charge < -0.3 is 4.28 Å². The topological polar surface area (TPSA) is 0 Å². The summed E-state index contributed by atoms with van der Waals surface area (Å²) in [6.45, 7) is 0. The maximum absolute atomic E-state index is 2.32. The summed E-state index contributed by atoms with van der Waals surface area (Å²) in [5.74, 6) is 0. The van der Waals surface area contributed by atoms with Crippen LogP contribution in [0.4, 0.5) is 0 Å². The van der Waals surface area contributed by atoms with Crippen LogP contribution in [0.3, 0.4) is 0 Å². The number of hydrogen-bond donors (Lipinski definition) is 0. The molecule has 0 nitrogen and oxygen atoms in total. The second kappa shape index (κ2) is 4.97. The fraction of sp³-hybridized carbons (Fsp3) is 0.176. The quantitative estimate of drug-likeness (QED) is 0.653. The minimum absolute atomic E-state index is 0. The zero-order chi connectivity index (χ0) is 12.4. The number of hydrogen-bond acceptors (Lipinski definition) is 0. The fourth-order valence-electron chi connectivity index (χ4n) is 2.72. The Morgan fingerprint density at radius 3 is 1.89 bits per heavy atom. The molecule has 0 radical (unpaired) electrons. The standard InChI is InChI=1S/C17H15.Hf.3H/c1-2-8-14(9-3-1)17(15-10-4-5-11-15)16-12-6-7-13-16;;;;/h1-10,12H,11,13H2;;;;/q;+3;3*-1. The van der Waals surface area contributed by atoms with Crippen LogP contribution >= 0.6 is 0 Å². The van der Waals surface area contributed by atoms with Gasteiger partial charge in [0.1, 0.15) is 0 Å². The molecule has 0 amide bonds. The van der Waals surface area contributed by atoms with Crippen molar-refractivity contribution >= 4 is 0 Å². The molecule has 18 heavy (non-hydrogen) atoms. The first-order valence-corrected chi connectivity index (χ1v) is 8.14. The van der Waals surface area contributed by atoms with E-state index < -0.39 is 0 Å². The predicted octanol–water partition coefficient (Wildman–Crippen LogP) is 4.54. The van der Waals surface area contributed by atoms with Crippen molar-refractivity contribution < 1.29 is 28.7 Å². The number of allylic oxidation sites excluding steroid dienone is 8. The van der Waals surface area contributed by atoms with Crippen LogP contribution in [0.15, 0.2) is 77.9 Å². The summed E-state index contributed by atoms with van der Waals surface area (Å²) in [5.41, 5.74) is 4.59. The summed E-state index contributed by atoms with van der Waals surface area (Å²) >= 11 is 1.12. The molecule has 2 aliphatic rings. The van der Waals surface area contributed by atoms with Gasteiger partial charge in [0.25, 0.3) is 0 Å².